The second kappa shape index (κ2) is 5.99. The van der Waals surface area contributed by atoms with Crippen LogP contribution in [-0.4, -0.2) is 8.42 Å². The van der Waals surface area contributed by atoms with Crippen molar-refractivity contribution < 1.29 is 17.2 Å². The summed E-state index contributed by atoms with van der Waals surface area (Å²) in [5.74, 6) is -1.40. The molecular formula is C14H10F2N2O2S. The third kappa shape index (κ3) is 3.42. The molecule has 0 spiro atoms. The molecule has 0 saturated carbocycles. The van der Waals surface area contributed by atoms with Crippen molar-refractivity contribution in [2.75, 3.05) is 0 Å². The molecule has 0 aliphatic rings. The normalized spacial score (nSPS) is 11.1. The molecule has 2 aromatic carbocycles. The largest absolute Gasteiger partial charge is 0.242 e. The van der Waals surface area contributed by atoms with Crippen molar-refractivity contribution in [2.24, 2.45) is 0 Å². The third-order valence-electron chi connectivity index (χ3n) is 2.73. The molecule has 2 aromatic rings. The van der Waals surface area contributed by atoms with Gasteiger partial charge in [-0.2, -0.15) is 5.26 Å². The van der Waals surface area contributed by atoms with Crippen molar-refractivity contribution in [3.8, 4) is 6.07 Å². The van der Waals surface area contributed by atoms with Gasteiger partial charge in [0.05, 0.1) is 0 Å². The minimum Gasteiger partial charge on any atom is -0.207 e. The van der Waals surface area contributed by atoms with Gasteiger partial charge >= 0.3 is 0 Å². The van der Waals surface area contributed by atoms with Crippen LogP contribution >= 0.6 is 0 Å². The van der Waals surface area contributed by atoms with Gasteiger partial charge in [0.15, 0.2) is 0 Å². The van der Waals surface area contributed by atoms with Gasteiger partial charge in [0, 0.05) is 6.54 Å². The Morgan fingerprint density at radius 1 is 1.14 bits per heavy atom. The zero-order chi connectivity index (χ0) is 15.5. The highest BCUT2D eigenvalue weighted by atomic mass is 32.2. The molecule has 0 aliphatic carbocycles. The zero-order valence-corrected chi connectivity index (χ0v) is 11.5. The summed E-state index contributed by atoms with van der Waals surface area (Å²) in [6.45, 7) is -0.165. The molecule has 108 valence electrons. The average molecular weight is 308 g/mol. The van der Waals surface area contributed by atoms with Gasteiger partial charge in [0.1, 0.15) is 28.2 Å². The SMILES string of the molecule is N#Cc1c(F)cccc1S(=O)(=O)NCc1cccc(F)c1. The summed E-state index contributed by atoms with van der Waals surface area (Å²) in [4.78, 5) is -0.443. The first-order chi connectivity index (χ1) is 9.94. The number of hydrogen-bond acceptors (Lipinski definition) is 3. The second-order valence-electron chi connectivity index (χ2n) is 4.18. The molecule has 4 nitrogen and oxygen atoms in total. The van der Waals surface area contributed by atoms with Gasteiger partial charge in [-0.1, -0.05) is 18.2 Å². The first kappa shape index (κ1) is 15.1. The second-order valence-corrected chi connectivity index (χ2v) is 5.91. The van der Waals surface area contributed by atoms with Crippen molar-refractivity contribution in [3.63, 3.8) is 0 Å². The number of halogens is 2. The summed E-state index contributed by atoms with van der Waals surface area (Å²) in [6, 6.07) is 10.3. The van der Waals surface area contributed by atoms with Crippen LogP contribution in [0.4, 0.5) is 8.78 Å². The standard InChI is InChI=1S/C14H10F2N2O2S/c15-11-4-1-3-10(7-11)9-18-21(19,20)14-6-2-5-13(16)12(14)8-17/h1-7,18H,9H2. The maximum Gasteiger partial charge on any atom is 0.242 e. The van der Waals surface area contributed by atoms with Gasteiger partial charge < -0.3 is 0 Å². The molecule has 2 rings (SSSR count). The number of nitrogens with zero attached hydrogens (tertiary/aromatic N) is 1. The number of nitriles is 1. The fourth-order valence-electron chi connectivity index (χ4n) is 1.74. The maximum absolute atomic E-state index is 13.4. The van der Waals surface area contributed by atoms with E-state index in [0.29, 0.717) is 5.56 Å². The molecule has 1 N–H and O–H groups in total. The Kier molecular flexibility index (Phi) is 4.31. The molecule has 0 unspecified atom stereocenters. The van der Waals surface area contributed by atoms with E-state index in [1.54, 1.807) is 6.07 Å². The fourth-order valence-corrected chi connectivity index (χ4v) is 2.92. The van der Waals surface area contributed by atoms with Gasteiger partial charge in [-0.05, 0) is 29.8 Å². The van der Waals surface area contributed by atoms with E-state index in [0.717, 1.165) is 12.1 Å². The monoisotopic (exact) mass is 308 g/mol. The lowest BCUT2D eigenvalue weighted by molar-refractivity contribution is 0.575. The third-order valence-corrected chi connectivity index (χ3v) is 4.18. The van der Waals surface area contributed by atoms with Crippen LogP contribution in [0.25, 0.3) is 0 Å². The van der Waals surface area contributed by atoms with E-state index in [1.807, 2.05) is 0 Å². The molecule has 0 radical (unpaired) electrons. The van der Waals surface area contributed by atoms with Crippen LogP contribution < -0.4 is 4.72 Å². The molecule has 0 bridgehead atoms. The summed E-state index contributed by atoms with van der Waals surface area (Å²) in [5, 5.41) is 8.85. The van der Waals surface area contributed by atoms with Gasteiger partial charge in [0.2, 0.25) is 10.0 Å². The zero-order valence-electron chi connectivity index (χ0n) is 10.7. The van der Waals surface area contributed by atoms with E-state index >= 15 is 0 Å². The predicted octanol–water partition coefficient (Wildman–Crippen LogP) is 2.31. The van der Waals surface area contributed by atoms with E-state index in [9.17, 15) is 17.2 Å². The van der Waals surface area contributed by atoms with Gasteiger partial charge in [0.25, 0.3) is 0 Å². The highest BCUT2D eigenvalue weighted by Gasteiger charge is 2.20. The van der Waals surface area contributed by atoms with E-state index in [-0.39, 0.29) is 6.54 Å². The van der Waals surface area contributed by atoms with Crippen LogP contribution in [-0.2, 0) is 16.6 Å². The van der Waals surface area contributed by atoms with Crippen LogP contribution in [0.15, 0.2) is 47.4 Å². The van der Waals surface area contributed by atoms with Crippen LogP contribution in [0.3, 0.4) is 0 Å². The summed E-state index contributed by atoms with van der Waals surface area (Å²) < 4.78 is 52.9. The molecule has 0 fully saturated rings. The summed E-state index contributed by atoms with van der Waals surface area (Å²) in [5.41, 5.74) is -0.141. The lowest BCUT2D eigenvalue weighted by Gasteiger charge is -2.08. The number of nitrogens with one attached hydrogen (secondary N) is 1. The molecular weight excluding hydrogens is 298 g/mol. The summed E-state index contributed by atoms with van der Waals surface area (Å²) in [6.07, 6.45) is 0. The summed E-state index contributed by atoms with van der Waals surface area (Å²) >= 11 is 0. The Hall–Kier alpha value is -2.30. The van der Waals surface area contributed by atoms with Crippen LogP contribution in [0.2, 0.25) is 0 Å². The molecule has 0 amide bonds. The van der Waals surface area contributed by atoms with E-state index < -0.39 is 32.1 Å². The highest BCUT2D eigenvalue weighted by molar-refractivity contribution is 7.89. The van der Waals surface area contributed by atoms with E-state index in [2.05, 4.69) is 4.72 Å². The van der Waals surface area contributed by atoms with Gasteiger partial charge in [-0.25, -0.2) is 21.9 Å². The smallest absolute Gasteiger partial charge is 0.207 e. The number of sulfonamides is 1. The Balaban J connectivity index is 2.28. The molecule has 0 atom stereocenters. The lowest BCUT2D eigenvalue weighted by Crippen LogP contribution is -2.24. The van der Waals surface area contributed by atoms with Crippen molar-refractivity contribution in [2.45, 2.75) is 11.4 Å². The van der Waals surface area contributed by atoms with Crippen molar-refractivity contribution >= 4 is 10.0 Å². The molecule has 7 heteroatoms. The molecule has 0 aliphatic heterocycles. The quantitative estimate of drug-likeness (QED) is 0.942. The minimum atomic E-state index is -4.07. The topological polar surface area (TPSA) is 70.0 Å². The Bertz CT molecular complexity index is 814. The first-order valence-electron chi connectivity index (χ1n) is 5.87. The fraction of sp³-hybridized carbons (Fsp3) is 0.0714. The van der Waals surface area contributed by atoms with Crippen LogP contribution in [0.5, 0.6) is 0 Å². The van der Waals surface area contributed by atoms with Crippen LogP contribution in [0, 0.1) is 23.0 Å². The van der Waals surface area contributed by atoms with Crippen molar-refractivity contribution in [3.05, 3.63) is 65.2 Å². The van der Waals surface area contributed by atoms with Crippen molar-refractivity contribution in [1.82, 2.24) is 4.72 Å². The Morgan fingerprint density at radius 2 is 1.86 bits per heavy atom. The molecule has 0 heterocycles. The molecule has 0 aromatic heterocycles. The number of benzene rings is 2. The first-order valence-corrected chi connectivity index (χ1v) is 7.35. The van der Waals surface area contributed by atoms with E-state index in [4.69, 9.17) is 5.26 Å². The average Bonchev–Trinajstić information content (AvgIpc) is 2.45. The number of rotatable bonds is 4. The molecule has 21 heavy (non-hydrogen) atoms. The highest BCUT2D eigenvalue weighted by Crippen LogP contribution is 2.18. The summed E-state index contributed by atoms with van der Waals surface area (Å²) in [7, 11) is -4.07. The van der Waals surface area contributed by atoms with Crippen LogP contribution in [0.1, 0.15) is 11.1 Å². The molecule has 0 saturated heterocycles. The predicted molar refractivity (Wildman–Crippen MR) is 71.5 cm³/mol. The van der Waals surface area contributed by atoms with Gasteiger partial charge in [-0.15, -0.1) is 0 Å². The van der Waals surface area contributed by atoms with Crippen molar-refractivity contribution in [1.29, 1.82) is 5.26 Å². The van der Waals surface area contributed by atoms with Gasteiger partial charge in [-0.3, -0.25) is 0 Å². The van der Waals surface area contributed by atoms with E-state index in [1.165, 1.54) is 30.3 Å². The lowest BCUT2D eigenvalue weighted by atomic mass is 10.2. The Morgan fingerprint density at radius 3 is 2.52 bits per heavy atom. The minimum absolute atomic E-state index is 0.165. The number of hydrogen-bond donors (Lipinski definition) is 1. The Labute approximate surface area is 120 Å². The maximum atomic E-state index is 13.4.